The van der Waals surface area contributed by atoms with Crippen LogP contribution >= 0.6 is 15.9 Å². The zero-order valence-electron chi connectivity index (χ0n) is 9.67. The standard InChI is InChI=1S/C12H10BrNO5/c13-6-1-2-8-9(3-6)12(19)14(11(8)18)5-7(15)4-10(16)17/h1-3,7,15H,4-5H2,(H,16,17). The van der Waals surface area contributed by atoms with Crippen molar-refractivity contribution in [1.29, 1.82) is 0 Å². The van der Waals surface area contributed by atoms with E-state index in [-0.39, 0.29) is 17.7 Å². The smallest absolute Gasteiger partial charge is 0.306 e. The molecule has 1 aromatic carbocycles. The van der Waals surface area contributed by atoms with E-state index < -0.39 is 30.3 Å². The van der Waals surface area contributed by atoms with E-state index >= 15 is 0 Å². The van der Waals surface area contributed by atoms with Crippen molar-refractivity contribution in [2.45, 2.75) is 12.5 Å². The number of β-amino-alcohol motifs (C(OH)–C–C–N with tert-alkyl or cyclic N) is 1. The first kappa shape index (κ1) is 13.7. The highest BCUT2D eigenvalue weighted by molar-refractivity contribution is 9.10. The Bertz CT molecular complexity index is 571. The van der Waals surface area contributed by atoms with Crippen LogP contribution in [0.3, 0.4) is 0 Å². The molecular formula is C12H10BrNO5. The van der Waals surface area contributed by atoms with Gasteiger partial charge in [0.15, 0.2) is 0 Å². The van der Waals surface area contributed by atoms with Gasteiger partial charge in [0.25, 0.3) is 11.8 Å². The summed E-state index contributed by atoms with van der Waals surface area (Å²) >= 11 is 3.21. The van der Waals surface area contributed by atoms with Crippen LogP contribution in [0.1, 0.15) is 27.1 Å². The second-order valence-corrected chi connectivity index (χ2v) is 5.08. The third kappa shape index (κ3) is 2.66. The van der Waals surface area contributed by atoms with Crippen LogP contribution in [0.25, 0.3) is 0 Å². The van der Waals surface area contributed by atoms with Crippen molar-refractivity contribution < 1.29 is 24.6 Å². The second kappa shape index (κ2) is 5.10. The molecule has 0 aromatic heterocycles. The van der Waals surface area contributed by atoms with E-state index in [1.165, 1.54) is 12.1 Å². The molecule has 1 aromatic rings. The number of carbonyl (C=O) groups excluding carboxylic acids is 2. The average Bonchev–Trinajstić information content (AvgIpc) is 2.53. The van der Waals surface area contributed by atoms with Gasteiger partial charge in [0.1, 0.15) is 0 Å². The summed E-state index contributed by atoms with van der Waals surface area (Å²) in [7, 11) is 0. The third-order valence-electron chi connectivity index (χ3n) is 2.74. The molecule has 1 unspecified atom stereocenters. The number of aliphatic hydroxyl groups excluding tert-OH is 1. The van der Waals surface area contributed by atoms with Crippen molar-refractivity contribution in [3.63, 3.8) is 0 Å². The van der Waals surface area contributed by atoms with Gasteiger partial charge in [-0.25, -0.2) is 0 Å². The number of rotatable bonds is 4. The number of fused-ring (bicyclic) bond motifs is 1. The van der Waals surface area contributed by atoms with Crippen LogP contribution in [-0.2, 0) is 4.79 Å². The monoisotopic (exact) mass is 327 g/mol. The lowest BCUT2D eigenvalue weighted by atomic mass is 10.1. The molecule has 2 N–H and O–H groups in total. The molecule has 0 radical (unpaired) electrons. The summed E-state index contributed by atoms with van der Waals surface area (Å²) in [4.78, 5) is 35.3. The number of amides is 2. The van der Waals surface area contributed by atoms with E-state index in [0.29, 0.717) is 4.47 Å². The zero-order valence-corrected chi connectivity index (χ0v) is 11.3. The van der Waals surface area contributed by atoms with Crippen LogP contribution in [0.2, 0.25) is 0 Å². The van der Waals surface area contributed by atoms with Gasteiger partial charge in [-0.1, -0.05) is 15.9 Å². The summed E-state index contributed by atoms with van der Waals surface area (Å²) in [6, 6.07) is 4.68. The molecule has 6 nitrogen and oxygen atoms in total. The van der Waals surface area contributed by atoms with Gasteiger partial charge in [0, 0.05) is 4.47 Å². The topological polar surface area (TPSA) is 94.9 Å². The molecule has 1 aliphatic heterocycles. The van der Waals surface area contributed by atoms with Crippen LogP contribution in [-0.4, -0.2) is 45.5 Å². The van der Waals surface area contributed by atoms with Gasteiger partial charge in [-0.2, -0.15) is 0 Å². The number of imide groups is 1. The number of hydrogen-bond donors (Lipinski definition) is 2. The SMILES string of the molecule is O=C(O)CC(O)CN1C(=O)c2ccc(Br)cc2C1=O. The van der Waals surface area contributed by atoms with Crippen LogP contribution in [0.5, 0.6) is 0 Å². The molecule has 19 heavy (non-hydrogen) atoms. The minimum atomic E-state index is -1.27. The molecule has 1 aliphatic rings. The van der Waals surface area contributed by atoms with Crippen molar-refractivity contribution in [2.24, 2.45) is 0 Å². The zero-order chi connectivity index (χ0) is 14.2. The second-order valence-electron chi connectivity index (χ2n) is 4.16. The normalized spacial score (nSPS) is 15.6. The van der Waals surface area contributed by atoms with E-state index in [4.69, 9.17) is 5.11 Å². The van der Waals surface area contributed by atoms with Crippen molar-refractivity contribution in [3.05, 3.63) is 33.8 Å². The number of aliphatic hydroxyl groups is 1. The van der Waals surface area contributed by atoms with Gasteiger partial charge in [-0.3, -0.25) is 19.3 Å². The molecule has 7 heteroatoms. The Morgan fingerprint density at radius 1 is 1.26 bits per heavy atom. The first-order chi connectivity index (χ1) is 8.90. The highest BCUT2D eigenvalue weighted by atomic mass is 79.9. The molecule has 2 amide bonds. The minimum absolute atomic E-state index is 0.252. The number of carboxylic acid groups (broad SMARTS) is 1. The van der Waals surface area contributed by atoms with Crippen LogP contribution in [0.15, 0.2) is 22.7 Å². The predicted molar refractivity (Wildman–Crippen MR) is 67.8 cm³/mol. The van der Waals surface area contributed by atoms with Crippen molar-refractivity contribution in [1.82, 2.24) is 4.90 Å². The Morgan fingerprint density at radius 2 is 1.89 bits per heavy atom. The quantitative estimate of drug-likeness (QED) is 0.800. The van der Waals surface area contributed by atoms with E-state index in [0.717, 1.165) is 4.90 Å². The van der Waals surface area contributed by atoms with Gasteiger partial charge in [-0.05, 0) is 18.2 Å². The largest absolute Gasteiger partial charge is 0.481 e. The lowest BCUT2D eigenvalue weighted by Gasteiger charge is -2.16. The fourth-order valence-corrected chi connectivity index (χ4v) is 2.27. The Balaban J connectivity index is 2.20. The van der Waals surface area contributed by atoms with Gasteiger partial charge in [0.2, 0.25) is 0 Å². The van der Waals surface area contributed by atoms with Crippen molar-refractivity contribution in [2.75, 3.05) is 6.54 Å². The Labute approximate surface area is 116 Å². The number of benzene rings is 1. The maximum absolute atomic E-state index is 12.0. The first-order valence-electron chi connectivity index (χ1n) is 5.45. The fraction of sp³-hybridized carbons (Fsp3) is 0.250. The number of halogens is 1. The van der Waals surface area contributed by atoms with E-state index in [1.807, 2.05) is 0 Å². The van der Waals surface area contributed by atoms with Crippen molar-refractivity contribution in [3.8, 4) is 0 Å². The Morgan fingerprint density at radius 3 is 2.53 bits per heavy atom. The van der Waals surface area contributed by atoms with E-state index in [2.05, 4.69) is 15.9 Å². The molecule has 0 spiro atoms. The summed E-state index contributed by atoms with van der Waals surface area (Å²) in [5.74, 6) is -2.23. The molecule has 1 atom stereocenters. The first-order valence-corrected chi connectivity index (χ1v) is 6.25. The molecule has 0 fully saturated rings. The molecule has 0 saturated carbocycles. The minimum Gasteiger partial charge on any atom is -0.481 e. The summed E-state index contributed by atoms with van der Waals surface area (Å²) in [5, 5.41) is 18.1. The van der Waals surface area contributed by atoms with Gasteiger partial charge < -0.3 is 10.2 Å². The molecule has 0 bridgehead atoms. The van der Waals surface area contributed by atoms with Gasteiger partial charge in [-0.15, -0.1) is 0 Å². The van der Waals surface area contributed by atoms with E-state index in [1.54, 1.807) is 6.07 Å². The third-order valence-corrected chi connectivity index (χ3v) is 3.23. The summed E-state index contributed by atoms with van der Waals surface area (Å²) in [5.41, 5.74) is 0.512. The lowest BCUT2D eigenvalue weighted by Crippen LogP contribution is -2.37. The molecular weight excluding hydrogens is 318 g/mol. The molecule has 0 aliphatic carbocycles. The Kier molecular flexibility index (Phi) is 3.68. The summed E-state index contributed by atoms with van der Waals surface area (Å²) in [6.45, 7) is -0.323. The molecule has 100 valence electrons. The maximum Gasteiger partial charge on any atom is 0.306 e. The predicted octanol–water partition coefficient (Wildman–Crippen LogP) is 0.881. The van der Waals surface area contributed by atoms with Crippen molar-refractivity contribution >= 4 is 33.7 Å². The fourth-order valence-electron chi connectivity index (χ4n) is 1.91. The summed E-state index contributed by atoms with van der Waals surface area (Å²) in [6.07, 6.45) is -1.79. The number of nitrogens with zero attached hydrogens (tertiary/aromatic N) is 1. The highest BCUT2D eigenvalue weighted by Gasteiger charge is 2.36. The van der Waals surface area contributed by atoms with Gasteiger partial charge >= 0.3 is 5.97 Å². The number of carbonyl (C=O) groups is 3. The Hall–Kier alpha value is -1.73. The molecule has 0 saturated heterocycles. The maximum atomic E-state index is 12.0. The van der Waals surface area contributed by atoms with Crippen LogP contribution < -0.4 is 0 Å². The van der Waals surface area contributed by atoms with Crippen LogP contribution in [0.4, 0.5) is 0 Å². The average molecular weight is 328 g/mol. The van der Waals surface area contributed by atoms with E-state index in [9.17, 15) is 19.5 Å². The van der Waals surface area contributed by atoms with Crippen LogP contribution in [0, 0.1) is 0 Å². The highest BCUT2D eigenvalue weighted by Crippen LogP contribution is 2.26. The number of aliphatic carboxylic acids is 1. The van der Waals surface area contributed by atoms with Gasteiger partial charge in [0.05, 0.1) is 30.2 Å². The molecule has 2 rings (SSSR count). The summed E-state index contributed by atoms with van der Waals surface area (Å²) < 4.78 is 0.667. The number of hydrogen-bond acceptors (Lipinski definition) is 4. The lowest BCUT2D eigenvalue weighted by molar-refractivity contribution is -0.139. The molecule has 1 heterocycles. The number of carboxylic acids is 1.